The van der Waals surface area contributed by atoms with Gasteiger partial charge in [0.2, 0.25) is 0 Å². The van der Waals surface area contributed by atoms with E-state index >= 15 is 0 Å². The maximum atomic E-state index is 12.0. The van der Waals surface area contributed by atoms with E-state index in [1.807, 2.05) is 6.92 Å². The van der Waals surface area contributed by atoms with Crippen LogP contribution in [-0.2, 0) is 0 Å². The number of rotatable bonds is 7. The van der Waals surface area contributed by atoms with Crippen molar-refractivity contribution in [2.45, 2.75) is 13.3 Å². The normalized spacial score (nSPS) is 10.0. The predicted molar refractivity (Wildman–Crippen MR) is 77.9 cm³/mol. The van der Waals surface area contributed by atoms with Crippen LogP contribution in [0.4, 0.5) is 10.5 Å². The molecule has 0 saturated carbocycles. The van der Waals surface area contributed by atoms with Gasteiger partial charge >= 0.3 is 12.0 Å². The second-order valence-corrected chi connectivity index (χ2v) is 4.31. The number of ether oxygens (including phenoxy) is 1. The molecule has 21 heavy (non-hydrogen) atoms. The van der Waals surface area contributed by atoms with Crippen LogP contribution in [0.15, 0.2) is 18.2 Å². The molecular weight excluding hydrogens is 276 g/mol. The van der Waals surface area contributed by atoms with Gasteiger partial charge in [0, 0.05) is 31.5 Å². The number of nitrogens with zero attached hydrogens (tertiary/aromatic N) is 1. The number of aromatic carboxylic acids is 1. The topological polar surface area (TPSA) is 99.1 Å². The molecule has 0 radical (unpaired) electrons. The summed E-state index contributed by atoms with van der Waals surface area (Å²) in [5, 5.41) is 20.5. The van der Waals surface area contributed by atoms with Gasteiger partial charge in [-0.25, -0.2) is 9.59 Å². The number of aliphatic hydroxyl groups is 1. The summed E-state index contributed by atoms with van der Waals surface area (Å²) < 4.78 is 5.00. The molecule has 7 heteroatoms. The zero-order chi connectivity index (χ0) is 15.8. The summed E-state index contributed by atoms with van der Waals surface area (Å²) in [6.07, 6.45) is 0.503. The highest BCUT2D eigenvalue weighted by Crippen LogP contribution is 2.23. The van der Waals surface area contributed by atoms with Crippen molar-refractivity contribution in [1.82, 2.24) is 4.90 Å². The average Bonchev–Trinajstić information content (AvgIpc) is 2.47. The molecule has 0 aliphatic carbocycles. The average molecular weight is 296 g/mol. The number of hydrogen-bond donors (Lipinski definition) is 3. The van der Waals surface area contributed by atoms with Crippen molar-refractivity contribution in [3.05, 3.63) is 23.8 Å². The lowest BCUT2D eigenvalue weighted by atomic mass is 10.2. The molecule has 116 valence electrons. The van der Waals surface area contributed by atoms with E-state index < -0.39 is 5.97 Å². The first-order chi connectivity index (χ1) is 10.0. The lowest BCUT2D eigenvalue weighted by Crippen LogP contribution is -2.35. The fraction of sp³-hybridized carbons (Fsp3) is 0.429. The molecule has 0 unspecified atom stereocenters. The molecule has 3 N–H and O–H groups in total. The third-order valence-corrected chi connectivity index (χ3v) is 2.94. The fourth-order valence-electron chi connectivity index (χ4n) is 1.81. The van der Waals surface area contributed by atoms with Crippen LogP contribution >= 0.6 is 0 Å². The molecule has 0 atom stereocenters. The molecule has 0 aliphatic heterocycles. The van der Waals surface area contributed by atoms with Crippen molar-refractivity contribution >= 4 is 17.7 Å². The van der Waals surface area contributed by atoms with E-state index in [1.54, 1.807) is 4.90 Å². The number of urea groups is 1. The van der Waals surface area contributed by atoms with E-state index in [0.29, 0.717) is 25.2 Å². The Labute approximate surface area is 123 Å². The second-order valence-electron chi connectivity index (χ2n) is 4.31. The summed E-state index contributed by atoms with van der Waals surface area (Å²) >= 11 is 0. The lowest BCUT2D eigenvalue weighted by molar-refractivity contribution is 0.0693. The standard InChI is InChI=1S/C14H20N2O5/c1-3-16(7-4-8-17)14(20)15-10-5-6-11(13(18)19)12(9-10)21-2/h5-6,9,17H,3-4,7-8H2,1-2H3,(H,15,20)(H,18,19). The minimum atomic E-state index is -1.09. The van der Waals surface area contributed by atoms with Crippen LogP contribution in [0.2, 0.25) is 0 Å². The number of nitrogens with one attached hydrogen (secondary N) is 1. The monoisotopic (exact) mass is 296 g/mol. The van der Waals surface area contributed by atoms with E-state index in [9.17, 15) is 9.59 Å². The minimum absolute atomic E-state index is 0.0188. The van der Waals surface area contributed by atoms with Gasteiger partial charge in [-0.3, -0.25) is 0 Å². The molecule has 1 aromatic rings. The van der Waals surface area contributed by atoms with Gasteiger partial charge in [0.1, 0.15) is 11.3 Å². The number of methoxy groups -OCH3 is 1. The van der Waals surface area contributed by atoms with Crippen LogP contribution in [0.25, 0.3) is 0 Å². The van der Waals surface area contributed by atoms with Gasteiger partial charge in [-0.2, -0.15) is 0 Å². The highest BCUT2D eigenvalue weighted by molar-refractivity contribution is 5.94. The lowest BCUT2D eigenvalue weighted by Gasteiger charge is -2.21. The summed E-state index contributed by atoms with van der Waals surface area (Å²) in [6, 6.07) is 4.03. The summed E-state index contributed by atoms with van der Waals surface area (Å²) in [4.78, 5) is 24.6. The summed E-state index contributed by atoms with van der Waals surface area (Å²) in [5.74, 6) is -0.915. The Morgan fingerprint density at radius 2 is 2.10 bits per heavy atom. The van der Waals surface area contributed by atoms with Crippen molar-refractivity contribution in [3.8, 4) is 5.75 Å². The number of anilines is 1. The van der Waals surface area contributed by atoms with Crippen molar-refractivity contribution in [2.75, 3.05) is 32.1 Å². The first-order valence-electron chi connectivity index (χ1n) is 6.61. The second kappa shape index (κ2) is 8.11. The Hall–Kier alpha value is -2.28. The molecule has 0 aromatic heterocycles. The van der Waals surface area contributed by atoms with Crippen LogP contribution < -0.4 is 10.1 Å². The van der Waals surface area contributed by atoms with E-state index in [2.05, 4.69) is 5.32 Å². The molecular formula is C14H20N2O5. The Balaban J connectivity index is 2.82. The molecule has 0 bridgehead atoms. The van der Waals surface area contributed by atoms with E-state index in [4.69, 9.17) is 14.9 Å². The van der Waals surface area contributed by atoms with Gasteiger partial charge in [-0.1, -0.05) is 0 Å². The molecule has 1 rings (SSSR count). The number of amides is 2. The van der Waals surface area contributed by atoms with E-state index in [-0.39, 0.29) is 24.0 Å². The van der Waals surface area contributed by atoms with Crippen LogP contribution in [0, 0.1) is 0 Å². The highest BCUT2D eigenvalue weighted by atomic mass is 16.5. The van der Waals surface area contributed by atoms with Gasteiger partial charge in [-0.15, -0.1) is 0 Å². The van der Waals surface area contributed by atoms with Gasteiger partial charge in [0.25, 0.3) is 0 Å². The van der Waals surface area contributed by atoms with Gasteiger partial charge in [0.05, 0.1) is 7.11 Å². The molecule has 0 spiro atoms. The molecule has 0 aliphatic rings. The van der Waals surface area contributed by atoms with Crippen molar-refractivity contribution in [2.24, 2.45) is 0 Å². The number of carbonyl (C=O) groups excluding carboxylic acids is 1. The maximum Gasteiger partial charge on any atom is 0.339 e. The smallest absolute Gasteiger partial charge is 0.339 e. The number of carboxylic acid groups (broad SMARTS) is 1. The largest absolute Gasteiger partial charge is 0.496 e. The van der Waals surface area contributed by atoms with Crippen LogP contribution in [0.3, 0.4) is 0 Å². The molecule has 1 aromatic carbocycles. The summed E-state index contributed by atoms with van der Waals surface area (Å²) in [6.45, 7) is 2.81. The highest BCUT2D eigenvalue weighted by Gasteiger charge is 2.14. The Bertz CT molecular complexity index is 504. The first kappa shape index (κ1) is 16.8. The zero-order valence-electron chi connectivity index (χ0n) is 12.1. The molecule has 0 heterocycles. The van der Waals surface area contributed by atoms with Crippen molar-refractivity contribution in [3.63, 3.8) is 0 Å². The Kier molecular flexibility index (Phi) is 6.48. The van der Waals surface area contributed by atoms with Gasteiger partial charge in [0.15, 0.2) is 0 Å². The van der Waals surface area contributed by atoms with Crippen LogP contribution in [0.1, 0.15) is 23.7 Å². The van der Waals surface area contributed by atoms with Gasteiger partial charge in [-0.05, 0) is 25.5 Å². The quantitative estimate of drug-likeness (QED) is 0.710. The molecule has 0 saturated heterocycles. The SMILES string of the molecule is CCN(CCCO)C(=O)Nc1ccc(C(=O)O)c(OC)c1. The number of aliphatic hydroxyl groups excluding tert-OH is 1. The number of carbonyl (C=O) groups is 2. The van der Waals surface area contributed by atoms with E-state index in [0.717, 1.165) is 0 Å². The first-order valence-corrected chi connectivity index (χ1v) is 6.61. The molecule has 2 amide bonds. The number of hydrogen-bond acceptors (Lipinski definition) is 4. The van der Waals surface area contributed by atoms with Crippen molar-refractivity contribution in [1.29, 1.82) is 0 Å². The van der Waals surface area contributed by atoms with E-state index in [1.165, 1.54) is 25.3 Å². The summed E-state index contributed by atoms with van der Waals surface area (Å²) in [7, 11) is 1.37. The fourth-order valence-corrected chi connectivity index (χ4v) is 1.81. The third-order valence-electron chi connectivity index (χ3n) is 2.94. The van der Waals surface area contributed by atoms with Crippen LogP contribution in [-0.4, -0.2) is 53.9 Å². The maximum absolute atomic E-state index is 12.0. The Morgan fingerprint density at radius 1 is 1.38 bits per heavy atom. The summed E-state index contributed by atoms with van der Waals surface area (Å²) in [5.41, 5.74) is 0.479. The Morgan fingerprint density at radius 3 is 2.62 bits per heavy atom. The minimum Gasteiger partial charge on any atom is -0.496 e. The van der Waals surface area contributed by atoms with Crippen molar-refractivity contribution < 1.29 is 24.5 Å². The van der Waals surface area contributed by atoms with Gasteiger partial charge < -0.3 is 25.2 Å². The molecule has 0 fully saturated rings. The molecule has 7 nitrogen and oxygen atoms in total. The number of carboxylic acids is 1. The van der Waals surface area contributed by atoms with Crippen LogP contribution in [0.5, 0.6) is 5.75 Å². The number of benzene rings is 1. The zero-order valence-corrected chi connectivity index (χ0v) is 12.1. The third kappa shape index (κ3) is 4.64. The predicted octanol–water partition coefficient (Wildman–Crippen LogP) is 1.63.